The molecule has 13 heavy (non-hydrogen) atoms. The number of carboxylic acid groups (broad SMARTS) is 1. The predicted molar refractivity (Wildman–Crippen MR) is 45.3 cm³/mol. The normalized spacial score (nSPS) is 10.2. The van der Waals surface area contributed by atoms with Crippen molar-refractivity contribution in [3.8, 4) is 0 Å². The average molecular weight is 173 g/mol. The van der Waals surface area contributed by atoms with Crippen LogP contribution in [0.2, 0.25) is 0 Å². The van der Waals surface area contributed by atoms with Crippen LogP contribution in [0.25, 0.3) is 11.0 Å². The van der Waals surface area contributed by atoms with E-state index in [1.54, 1.807) is 12.1 Å². The van der Waals surface area contributed by atoms with Crippen LogP contribution in [0.3, 0.4) is 0 Å². The zero-order valence-electron chi connectivity index (χ0n) is 6.56. The van der Waals surface area contributed by atoms with Crippen LogP contribution in [-0.2, 0) is 0 Å². The predicted octanol–water partition coefficient (Wildman–Crippen LogP) is 1.13. The van der Waals surface area contributed by atoms with Gasteiger partial charge in [0.15, 0.2) is 0 Å². The minimum atomic E-state index is -0.994. The first-order valence-corrected chi connectivity index (χ1v) is 3.64. The lowest BCUT2D eigenvalue weighted by Gasteiger charge is -1.98. The number of para-hydroxylation sites is 1. The molecule has 0 spiro atoms. The smallest absolute Gasteiger partial charge is 0.337 e. The zero-order chi connectivity index (χ0) is 9.26. The number of nitrogens with zero attached hydrogens (tertiary/aromatic N) is 2. The van der Waals surface area contributed by atoms with Crippen molar-refractivity contribution in [1.82, 2.24) is 9.97 Å². The van der Waals surface area contributed by atoms with Crippen LogP contribution in [0, 0.1) is 6.20 Å². The summed E-state index contributed by atoms with van der Waals surface area (Å²) >= 11 is 0. The molecule has 1 N–H and O–H groups in total. The third kappa shape index (κ3) is 1.22. The molecule has 2 aromatic rings. The topological polar surface area (TPSA) is 63.1 Å². The molecule has 0 saturated heterocycles. The molecule has 1 radical (unpaired) electrons. The van der Waals surface area contributed by atoms with E-state index in [1.807, 2.05) is 0 Å². The van der Waals surface area contributed by atoms with E-state index < -0.39 is 5.97 Å². The molecule has 0 bridgehead atoms. The van der Waals surface area contributed by atoms with Gasteiger partial charge in [0.25, 0.3) is 0 Å². The number of fused-ring (bicyclic) bond motifs is 1. The van der Waals surface area contributed by atoms with Crippen LogP contribution in [0.15, 0.2) is 24.4 Å². The molecular formula is C9H5N2O2. The van der Waals surface area contributed by atoms with E-state index in [-0.39, 0.29) is 5.56 Å². The molecule has 4 nitrogen and oxygen atoms in total. The fourth-order valence-corrected chi connectivity index (χ4v) is 1.12. The minimum absolute atomic E-state index is 0.166. The van der Waals surface area contributed by atoms with E-state index in [2.05, 4.69) is 16.2 Å². The Morgan fingerprint density at radius 3 is 3.08 bits per heavy atom. The first kappa shape index (κ1) is 7.67. The molecule has 1 heterocycles. The SMILES string of the molecule is O=C(O)c1cccc2n[c]cnc12. The van der Waals surface area contributed by atoms with Crippen molar-refractivity contribution in [2.45, 2.75) is 0 Å². The molecule has 0 aliphatic carbocycles. The maximum atomic E-state index is 10.7. The fraction of sp³-hybridized carbons (Fsp3) is 0. The van der Waals surface area contributed by atoms with Crippen LogP contribution in [0.5, 0.6) is 0 Å². The van der Waals surface area contributed by atoms with Crippen LogP contribution in [0.1, 0.15) is 10.4 Å². The Bertz CT molecular complexity index is 463. The molecule has 1 aromatic carbocycles. The third-order valence-corrected chi connectivity index (χ3v) is 1.68. The Balaban J connectivity index is 2.83. The lowest BCUT2D eigenvalue weighted by molar-refractivity contribution is 0.0699. The van der Waals surface area contributed by atoms with E-state index in [1.165, 1.54) is 12.3 Å². The van der Waals surface area contributed by atoms with E-state index in [9.17, 15) is 4.79 Å². The number of hydrogen-bond donors (Lipinski definition) is 1. The maximum Gasteiger partial charge on any atom is 0.337 e. The monoisotopic (exact) mass is 173 g/mol. The quantitative estimate of drug-likeness (QED) is 0.702. The summed E-state index contributed by atoms with van der Waals surface area (Å²) in [6.45, 7) is 0. The average Bonchev–Trinajstić information content (AvgIpc) is 2.17. The van der Waals surface area contributed by atoms with Gasteiger partial charge in [0.2, 0.25) is 0 Å². The van der Waals surface area contributed by atoms with Gasteiger partial charge in [-0.3, -0.25) is 4.98 Å². The van der Waals surface area contributed by atoms with Gasteiger partial charge >= 0.3 is 5.97 Å². The number of carboxylic acids is 1. The van der Waals surface area contributed by atoms with Gasteiger partial charge in [0.05, 0.1) is 17.3 Å². The first-order valence-electron chi connectivity index (χ1n) is 3.64. The second kappa shape index (κ2) is 2.82. The van der Waals surface area contributed by atoms with Crippen LogP contribution < -0.4 is 0 Å². The molecule has 0 unspecified atom stereocenters. The number of hydrogen-bond acceptors (Lipinski definition) is 3. The Morgan fingerprint density at radius 1 is 1.46 bits per heavy atom. The molecule has 0 atom stereocenters. The molecule has 0 amide bonds. The van der Waals surface area contributed by atoms with Crippen LogP contribution in [0.4, 0.5) is 0 Å². The number of carbonyl (C=O) groups is 1. The summed E-state index contributed by atoms with van der Waals surface area (Å²) in [7, 11) is 0. The maximum absolute atomic E-state index is 10.7. The van der Waals surface area contributed by atoms with Gasteiger partial charge in [-0.1, -0.05) is 6.07 Å². The molecule has 0 fully saturated rings. The van der Waals surface area contributed by atoms with Crippen molar-refractivity contribution in [1.29, 1.82) is 0 Å². The van der Waals surface area contributed by atoms with E-state index in [4.69, 9.17) is 5.11 Å². The van der Waals surface area contributed by atoms with E-state index in [0.29, 0.717) is 11.0 Å². The van der Waals surface area contributed by atoms with Gasteiger partial charge in [-0.05, 0) is 12.1 Å². The lowest BCUT2D eigenvalue weighted by atomic mass is 10.2. The van der Waals surface area contributed by atoms with Crippen LogP contribution in [-0.4, -0.2) is 21.0 Å². The summed E-state index contributed by atoms with van der Waals surface area (Å²) in [4.78, 5) is 18.5. The highest BCUT2D eigenvalue weighted by molar-refractivity contribution is 6.00. The number of rotatable bonds is 1. The number of aromatic nitrogens is 2. The molecule has 4 heteroatoms. The van der Waals surface area contributed by atoms with Crippen molar-refractivity contribution >= 4 is 17.0 Å². The number of benzene rings is 1. The third-order valence-electron chi connectivity index (χ3n) is 1.68. The van der Waals surface area contributed by atoms with Gasteiger partial charge in [0, 0.05) is 0 Å². The summed E-state index contributed by atoms with van der Waals surface area (Å²) in [5, 5.41) is 8.80. The highest BCUT2D eigenvalue weighted by Crippen LogP contribution is 2.12. The highest BCUT2D eigenvalue weighted by atomic mass is 16.4. The minimum Gasteiger partial charge on any atom is -0.478 e. The second-order valence-corrected chi connectivity index (χ2v) is 2.48. The standard InChI is InChI=1S/C9H5N2O2/c12-9(13)6-2-1-3-7-8(6)11-5-4-10-7/h1-3,5H,(H,12,13). The largest absolute Gasteiger partial charge is 0.478 e. The molecule has 0 aliphatic rings. The van der Waals surface area contributed by atoms with Crippen molar-refractivity contribution in [2.24, 2.45) is 0 Å². The van der Waals surface area contributed by atoms with Crippen molar-refractivity contribution in [3.05, 3.63) is 36.2 Å². The van der Waals surface area contributed by atoms with Crippen LogP contribution >= 0.6 is 0 Å². The Kier molecular flexibility index (Phi) is 1.66. The van der Waals surface area contributed by atoms with E-state index >= 15 is 0 Å². The van der Waals surface area contributed by atoms with Gasteiger partial charge in [-0.2, -0.15) is 0 Å². The Hall–Kier alpha value is -1.97. The van der Waals surface area contributed by atoms with Crippen molar-refractivity contribution in [3.63, 3.8) is 0 Å². The van der Waals surface area contributed by atoms with Crippen molar-refractivity contribution < 1.29 is 9.90 Å². The van der Waals surface area contributed by atoms with Gasteiger partial charge in [0.1, 0.15) is 11.7 Å². The molecule has 0 aliphatic heterocycles. The molecule has 0 saturated carbocycles. The Labute approximate surface area is 73.9 Å². The molecule has 2 rings (SSSR count). The zero-order valence-corrected chi connectivity index (χ0v) is 6.56. The number of aromatic carboxylic acids is 1. The molecule has 63 valence electrons. The fourth-order valence-electron chi connectivity index (χ4n) is 1.12. The molecule has 1 aromatic heterocycles. The Morgan fingerprint density at radius 2 is 2.31 bits per heavy atom. The summed E-state index contributed by atoms with van der Waals surface area (Å²) in [6, 6.07) is 4.83. The van der Waals surface area contributed by atoms with Crippen molar-refractivity contribution in [2.75, 3.05) is 0 Å². The summed E-state index contributed by atoms with van der Waals surface area (Å²) in [6.07, 6.45) is 3.90. The lowest BCUT2D eigenvalue weighted by Crippen LogP contribution is -1.98. The highest BCUT2D eigenvalue weighted by Gasteiger charge is 2.08. The second-order valence-electron chi connectivity index (χ2n) is 2.48. The first-order chi connectivity index (χ1) is 6.29. The molecular weight excluding hydrogens is 168 g/mol. The summed E-state index contributed by atoms with van der Waals surface area (Å²) in [5.74, 6) is -0.994. The van der Waals surface area contributed by atoms with Gasteiger partial charge in [-0.15, -0.1) is 0 Å². The summed E-state index contributed by atoms with van der Waals surface area (Å²) < 4.78 is 0. The van der Waals surface area contributed by atoms with Gasteiger partial charge in [-0.25, -0.2) is 9.78 Å². The van der Waals surface area contributed by atoms with E-state index in [0.717, 1.165) is 0 Å². The van der Waals surface area contributed by atoms with Gasteiger partial charge < -0.3 is 5.11 Å². The summed E-state index contributed by atoms with van der Waals surface area (Å²) in [5.41, 5.74) is 1.11.